The van der Waals surface area contributed by atoms with Crippen molar-refractivity contribution in [2.45, 2.75) is 6.61 Å². The first-order valence-electron chi connectivity index (χ1n) is 7.51. The molecule has 5 nitrogen and oxygen atoms in total. The fourth-order valence-corrected chi connectivity index (χ4v) is 2.41. The molecule has 7 heteroatoms. The van der Waals surface area contributed by atoms with E-state index in [1.807, 2.05) is 6.20 Å². The van der Waals surface area contributed by atoms with E-state index in [2.05, 4.69) is 15.0 Å². The predicted molar refractivity (Wildman–Crippen MR) is 86.9 cm³/mol. The number of nitrogens with zero attached hydrogens (tertiary/aromatic N) is 4. The van der Waals surface area contributed by atoms with Crippen LogP contribution >= 0.6 is 0 Å². The molecule has 0 fully saturated rings. The molecule has 25 heavy (non-hydrogen) atoms. The van der Waals surface area contributed by atoms with Gasteiger partial charge < -0.3 is 4.74 Å². The molecule has 0 spiro atoms. The lowest BCUT2D eigenvalue weighted by Gasteiger charge is -2.02. The minimum absolute atomic E-state index is 0.145. The Labute approximate surface area is 141 Å². The van der Waals surface area contributed by atoms with Gasteiger partial charge in [0, 0.05) is 36.4 Å². The SMILES string of the molecule is Fc1ccc(-c2cnc3nc(COc4cc(F)ccn4)cn3c2)cc1. The number of imidazole rings is 1. The third kappa shape index (κ3) is 3.30. The van der Waals surface area contributed by atoms with Gasteiger partial charge in [0.05, 0.1) is 5.69 Å². The Bertz CT molecular complexity index is 1030. The van der Waals surface area contributed by atoms with Gasteiger partial charge in [-0.1, -0.05) is 12.1 Å². The maximum Gasteiger partial charge on any atom is 0.234 e. The van der Waals surface area contributed by atoms with Crippen molar-refractivity contribution < 1.29 is 13.5 Å². The quantitative estimate of drug-likeness (QED) is 0.570. The first-order chi connectivity index (χ1) is 12.2. The van der Waals surface area contributed by atoms with Crippen LogP contribution in [0.1, 0.15) is 5.69 Å². The van der Waals surface area contributed by atoms with E-state index in [0.717, 1.165) is 11.1 Å². The predicted octanol–water partition coefficient (Wildman–Crippen LogP) is 3.65. The van der Waals surface area contributed by atoms with Crippen LogP contribution in [0.5, 0.6) is 5.88 Å². The molecule has 0 saturated carbocycles. The van der Waals surface area contributed by atoms with Gasteiger partial charge >= 0.3 is 0 Å². The Morgan fingerprint density at radius 1 is 0.920 bits per heavy atom. The zero-order valence-electron chi connectivity index (χ0n) is 12.9. The Kier molecular flexibility index (Phi) is 3.81. The maximum atomic E-state index is 13.1. The molecule has 4 aromatic rings. The zero-order valence-corrected chi connectivity index (χ0v) is 12.9. The molecular formula is C18H12F2N4O. The molecule has 1 aromatic carbocycles. The highest BCUT2D eigenvalue weighted by molar-refractivity contribution is 5.62. The van der Waals surface area contributed by atoms with Crippen LogP contribution < -0.4 is 4.74 Å². The Morgan fingerprint density at radius 3 is 2.56 bits per heavy atom. The fraction of sp³-hybridized carbons (Fsp3) is 0.0556. The lowest BCUT2D eigenvalue weighted by Crippen LogP contribution is -1.97. The average molecular weight is 338 g/mol. The van der Waals surface area contributed by atoms with Crippen molar-refractivity contribution in [3.05, 3.63) is 78.5 Å². The highest BCUT2D eigenvalue weighted by atomic mass is 19.1. The minimum atomic E-state index is -0.411. The number of aromatic nitrogens is 4. The second kappa shape index (κ2) is 6.27. The molecular weight excluding hydrogens is 326 g/mol. The summed E-state index contributed by atoms with van der Waals surface area (Å²) in [5, 5.41) is 0. The molecule has 0 N–H and O–H groups in total. The summed E-state index contributed by atoms with van der Waals surface area (Å²) in [5.41, 5.74) is 2.32. The van der Waals surface area contributed by atoms with Crippen molar-refractivity contribution in [1.82, 2.24) is 19.4 Å². The molecule has 0 aliphatic rings. The van der Waals surface area contributed by atoms with Gasteiger partial charge in [-0.2, -0.15) is 0 Å². The molecule has 0 atom stereocenters. The molecule has 0 bridgehead atoms. The van der Waals surface area contributed by atoms with Crippen LogP contribution in [0.25, 0.3) is 16.9 Å². The van der Waals surface area contributed by atoms with Crippen LogP contribution in [0.15, 0.2) is 61.2 Å². The van der Waals surface area contributed by atoms with Crippen molar-refractivity contribution in [1.29, 1.82) is 0 Å². The molecule has 4 rings (SSSR count). The van der Waals surface area contributed by atoms with Gasteiger partial charge in [0.15, 0.2) is 0 Å². The number of fused-ring (bicyclic) bond motifs is 1. The summed E-state index contributed by atoms with van der Waals surface area (Å²) < 4.78 is 33.3. The first-order valence-corrected chi connectivity index (χ1v) is 7.51. The van der Waals surface area contributed by atoms with Gasteiger partial charge in [-0.3, -0.25) is 4.40 Å². The molecule has 3 aromatic heterocycles. The monoisotopic (exact) mass is 338 g/mol. The number of pyridine rings is 1. The molecule has 124 valence electrons. The maximum absolute atomic E-state index is 13.1. The van der Waals surface area contributed by atoms with Crippen molar-refractivity contribution in [2.75, 3.05) is 0 Å². The largest absolute Gasteiger partial charge is 0.471 e. The van der Waals surface area contributed by atoms with Gasteiger partial charge in [-0.25, -0.2) is 23.7 Å². The molecule has 0 unspecified atom stereocenters. The standard InChI is InChI=1S/C18H12F2N4O/c19-14-3-1-12(2-4-14)13-8-22-18-23-16(10-24(18)9-13)11-25-17-7-15(20)5-6-21-17/h1-10H,11H2. The van der Waals surface area contributed by atoms with Crippen molar-refractivity contribution in [3.8, 4) is 17.0 Å². The molecule has 0 radical (unpaired) electrons. The third-order valence-electron chi connectivity index (χ3n) is 3.60. The van der Waals surface area contributed by atoms with E-state index >= 15 is 0 Å². The average Bonchev–Trinajstić information content (AvgIpc) is 3.03. The van der Waals surface area contributed by atoms with E-state index < -0.39 is 5.82 Å². The summed E-state index contributed by atoms with van der Waals surface area (Å²) in [6.45, 7) is 0.145. The number of benzene rings is 1. The van der Waals surface area contributed by atoms with Crippen LogP contribution in [0.4, 0.5) is 8.78 Å². The lowest BCUT2D eigenvalue weighted by atomic mass is 10.1. The summed E-state index contributed by atoms with van der Waals surface area (Å²) in [6, 6.07) is 8.64. The highest BCUT2D eigenvalue weighted by Gasteiger charge is 2.07. The van der Waals surface area contributed by atoms with E-state index in [1.165, 1.54) is 30.5 Å². The Balaban J connectivity index is 1.56. The number of ether oxygens (including phenoxy) is 1. The van der Waals surface area contributed by atoms with Gasteiger partial charge in [-0.15, -0.1) is 0 Å². The zero-order chi connectivity index (χ0) is 17.2. The van der Waals surface area contributed by atoms with Crippen molar-refractivity contribution in [2.24, 2.45) is 0 Å². The van der Waals surface area contributed by atoms with Gasteiger partial charge in [0.1, 0.15) is 18.2 Å². The van der Waals surface area contributed by atoms with Gasteiger partial charge in [0.2, 0.25) is 11.7 Å². The summed E-state index contributed by atoms with van der Waals surface area (Å²) in [5.74, 6) is 0.00472. The third-order valence-corrected chi connectivity index (χ3v) is 3.60. The van der Waals surface area contributed by atoms with Crippen molar-refractivity contribution >= 4 is 5.78 Å². The van der Waals surface area contributed by atoms with Crippen LogP contribution in [-0.2, 0) is 6.61 Å². The Morgan fingerprint density at radius 2 is 1.76 bits per heavy atom. The number of halogens is 2. The smallest absolute Gasteiger partial charge is 0.234 e. The van der Waals surface area contributed by atoms with Gasteiger partial charge in [0.25, 0.3) is 0 Å². The summed E-state index contributed by atoms with van der Waals surface area (Å²) in [4.78, 5) is 12.6. The van der Waals surface area contributed by atoms with Gasteiger partial charge in [-0.05, 0) is 23.8 Å². The Hall–Kier alpha value is -3.35. The molecule has 0 amide bonds. The second-order valence-electron chi connectivity index (χ2n) is 5.39. The topological polar surface area (TPSA) is 52.3 Å². The summed E-state index contributed by atoms with van der Waals surface area (Å²) >= 11 is 0. The fourth-order valence-electron chi connectivity index (χ4n) is 2.41. The number of hydrogen-bond acceptors (Lipinski definition) is 4. The van der Waals surface area contributed by atoms with Crippen LogP contribution in [0, 0.1) is 11.6 Å². The molecule has 0 saturated heterocycles. The van der Waals surface area contributed by atoms with Crippen molar-refractivity contribution in [3.63, 3.8) is 0 Å². The highest BCUT2D eigenvalue weighted by Crippen LogP contribution is 2.19. The van der Waals surface area contributed by atoms with E-state index in [1.54, 1.807) is 28.9 Å². The number of hydrogen-bond donors (Lipinski definition) is 0. The summed E-state index contributed by atoms with van der Waals surface area (Å²) in [7, 11) is 0. The van der Waals surface area contributed by atoms with E-state index in [9.17, 15) is 8.78 Å². The molecule has 0 aliphatic heterocycles. The molecule has 3 heterocycles. The number of rotatable bonds is 4. The van der Waals surface area contributed by atoms with E-state index in [4.69, 9.17) is 4.74 Å². The minimum Gasteiger partial charge on any atom is -0.471 e. The van der Waals surface area contributed by atoms with E-state index in [0.29, 0.717) is 11.5 Å². The first kappa shape index (κ1) is 15.2. The second-order valence-corrected chi connectivity index (χ2v) is 5.39. The lowest BCUT2D eigenvalue weighted by molar-refractivity contribution is 0.288. The summed E-state index contributed by atoms with van der Waals surface area (Å²) in [6.07, 6.45) is 6.64. The van der Waals surface area contributed by atoms with E-state index in [-0.39, 0.29) is 18.3 Å². The van der Waals surface area contributed by atoms with Crippen LogP contribution in [0.3, 0.4) is 0 Å². The molecule has 0 aliphatic carbocycles. The van der Waals surface area contributed by atoms with Crippen LogP contribution in [-0.4, -0.2) is 19.4 Å². The normalized spacial score (nSPS) is 11.0. The van der Waals surface area contributed by atoms with Crippen LogP contribution in [0.2, 0.25) is 0 Å².